The van der Waals surface area contributed by atoms with Gasteiger partial charge < -0.3 is 15.0 Å². The number of carbonyl (C=O) groups excluding carboxylic acids is 1. The molecule has 1 aliphatic carbocycles. The lowest BCUT2D eigenvalue weighted by Crippen LogP contribution is -2.42. The van der Waals surface area contributed by atoms with E-state index in [2.05, 4.69) is 5.32 Å². The molecule has 0 aliphatic heterocycles. The molecule has 0 radical (unpaired) electrons. The molecule has 1 saturated carbocycles. The first kappa shape index (κ1) is 15.8. The molecule has 0 heterocycles. The average molecular weight is 294 g/mol. The standard InChI is InChI=1S/C16H23FN2O2/c1-18-12-5-7-13(8-6-12)19(2)16(20)11-4-9-15(21-3)14(17)10-11/h4,9-10,12-13,18H,5-8H2,1-3H3. The average Bonchev–Trinajstić information content (AvgIpc) is 2.53. The topological polar surface area (TPSA) is 41.6 Å². The monoisotopic (exact) mass is 294 g/mol. The summed E-state index contributed by atoms with van der Waals surface area (Å²) in [5, 5.41) is 3.28. The van der Waals surface area contributed by atoms with E-state index < -0.39 is 5.82 Å². The number of benzene rings is 1. The maximum atomic E-state index is 13.7. The second-order valence-electron chi connectivity index (χ2n) is 5.56. The highest BCUT2D eigenvalue weighted by molar-refractivity contribution is 5.94. The van der Waals surface area contributed by atoms with Crippen LogP contribution in [0.15, 0.2) is 18.2 Å². The van der Waals surface area contributed by atoms with Crippen molar-refractivity contribution in [3.63, 3.8) is 0 Å². The number of nitrogens with zero attached hydrogens (tertiary/aromatic N) is 1. The summed E-state index contributed by atoms with van der Waals surface area (Å²) in [6, 6.07) is 5.13. The lowest BCUT2D eigenvalue weighted by molar-refractivity contribution is 0.0685. The largest absolute Gasteiger partial charge is 0.494 e. The highest BCUT2D eigenvalue weighted by atomic mass is 19.1. The van der Waals surface area contributed by atoms with Crippen LogP contribution in [0.2, 0.25) is 0 Å². The molecule has 2 rings (SSSR count). The Morgan fingerprint density at radius 2 is 2.00 bits per heavy atom. The van der Waals surface area contributed by atoms with Gasteiger partial charge in [-0.05, 0) is 50.9 Å². The fourth-order valence-electron chi connectivity index (χ4n) is 2.92. The van der Waals surface area contributed by atoms with E-state index >= 15 is 0 Å². The van der Waals surface area contributed by atoms with Gasteiger partial charge in [0.25, 0.3) is 5.91 Å². The number of hydrogen-bond acceptors (Lipinski definition) is 3. The summed E-state index contributed by atoms with van der Waals surface area (Å²) in [7, 11) is 5.18. The van der Waals surface area contributed by atoms with Crippen molar-refractivity contribution < 1.29 is 13.9 Å². The number of hydrogen-bond donors (Lipinski definition) is 1. The Labute approximate surface area is 125 Å². The molecule has 0 spiro atoms. The molecule has 1 N–H and O–H groups in total. The van der Waals surface area contributed by atoms with Crippen LogP contribution >= 0.6 is 0 Å². The van der Waals surface area contributed by atoms with Crippen molar-refractivity contribution in [1.82, 2.24) is 10.2 Å². The molecule has 1 fully saturated rings. The summed E-state index contributed by atoms with van der Waals surface area (Å²) in [5.74, 6) is -0.483. The Bertz CT molecular complexity index is 499. The molecule has 5 heteroatoms. The Balaban J connectivity index is 2.04. The van der Waals surface area contributed by atoms with Gasteiger partial charge >= 0.3 is 0 Å². The quantitative estimate of drug-likeness (QED) is 0.927. The maximum Gasteiger partial charge on any atom is 0.253 e. The van der Waals surface area contributed by atoms with Gasteiger partial charge in [0.1, 0.15) is 0 Å². The first-order valence-corrected chi connectivity index (χ1v) is 7.34. The lowest BCUT2D eigenvalue weighted by atomic mass is 9.90. The van der Waals surface area contributed by atoms with Crippen LogP contribution in [0.1, 0.15) is 36.0 Å². The van der Waals surface area contributed by atoms with Crippen LogP contribution < -0.4 is 10.1 Å². The van der Waals surface area contributed by atoms with Crippen molar-refractivity contribution in [1.29, 1.82) is 0 Å². The van der Waals surface area contributed by atoms with E-state index in [0.29, 0.717) is 11.6 Å². The van der Waals surface area contributed by atoms with E-state index in [0.717, 1.165) is 25.7 Å². The SMILES string of the molecule is CNC1CCC(N(C)C(=O)c2ccc(OC)c(F)c2)CC1. The van der Waals surface area contributed by atoms with Gasteiger partial charge in [-0.3, -0.25) is 4.79 Å². The molecular weight excluding hydrogens is 271 g/mol. The van der Waals surface area contributed by atoms with Crippen molar-refractivity contribution in [2.24, 2.45) is 0 Å². The number of ether oxygens (including phenoxy) is 1. The molecular formula is C16H23FN2O2. The van der Waals surface area contributed by atoms with Crippen LogP contribution in [0, 0.1) is 5.82 Å². The molecule has 1 aromatic carbocycles. The molecule has 1 aromatic rings. The molecule has 0 saturated heterocycles. The van der Waals surface area contributed by atoms with E-state index in [1.165, 1.54) is 19.2 Å². The number of nitrogens with one attached hydrogen (secondary N) is 1. The molecule has 0 unspecified atom stereocenters. The minimum Gasteiger partial charge on any atom is -0.494 e. The Kier molecular flexibility index (Phi) is 5.17. The third-order valence-electron chi connectivity index (χ3n) is 4.37. The van der Waals surface area contributed by atoms with Crippen molar-refractivity contribution >= 4 is 5.91 Å². The molecule has 1 amide bonds. The first-order chi connectivity index (χ1) is 10.1. The van der Waals surface area contributed by atoms with Gasteiger partial charge in [-0.15, -0.1) is 0 Å². The van der Waals surface area contributed by atoms with Crippen LogP contribution in [0.25, 0.3) is 0 Å². The maximum absolute atomic E-state index is 13.7. The van der Waals surface area contributed by atoms with E-state index in [-0.39, 0.29) is 17.7 Å². The molecule has 0 atom stereocenters. The third kappa shape index (κ3) is 3.53. The molecule has 4 nitrogen and oxygen atoms in total. The Morgan fingerprint density at radius 3 is 2.52 bits per heavy atom. The van der Waals surface area contributed by atoms with Crippen LogP contribution in [-0.4, -0.2) is 44.1 Å². The van der Waals surface area contributed by atoms with Gasteiger partial charge in [0.2, 0.25) is 0 Å². The van der Waals surface area contributed by atoms with Gasteiger partial charge in [0.05, 0.1) is 7.11 Å². The predicted molar refractivity (Wildman–Crippen MR) is 80.1 cm³/mol. The lowest BCUT2D eigenvalue weighted by Gasteiger charge is -2.34. The smallest absolute Gasteiger partial charge is 0.253 e. The van der Waals surface area contributed by atoms with Gasteiger partial charge in [0, 0.05) is 24.7 Å². The van der Waals surface area contributed by atoms with E-state index in [1.807, 2.05) is 7.05 Å². The highest BCUT2D eigenvalue weighted by Gasteiger charge is 2.26. The number of carbonyl (C=O) groups is 1. The van der Waals surface area contributed by atoms with Crippen LogP contribution in [0.3, 0.4) is 0 Å². The molecule has 0 aromatic heterocycles. The van der Waals surface area contributed by atoms with E-state index in [9.17, 15) is 9.18 Å². The van der Waals surface area contributed by atoms with Gasteiger partial charge in [-0.2, -0.15) is 0 Å². The van der Waals surface area contributed by atoms with Gasteiger partial charge in [-0.25, -0.2) is 4.39 Å². The Hall–Kier alpha value is -1.62. The summed E-state index contributed by atoms with van der Waals surface area (Å²) in [6.45, 7) is 0. The number of halogens is 1. The summed E-state index contributed by atoms with van der Waals surface area (Å²) < 4.78 is 18.6. The summed E-state index contributed by atoms with van der Waals surface area (Å²) in [4.78, 5) is 14.2. The van der Waals surface area contributed by atoms with Crippen molar-refractivity contribution in [2.75, 3.05) is 21.2 Å². The summed E-state index contributed by atoms with van der Waals surface area (Å²) >= 11 is 0. The number of amides is 1. The van der Waals surface area contributed by atoms with Crippen LogP contribution in [-0.2, 0) is 0 Å². The van der Waals surface area contributed by atoms with Crippen LogP contribution in [0.4, 0.5) is 4.39 Å². The Morgan fingerprint density at radius 1 is 1.33 bits per heavy atom. The minimum absolute atomic E-state index is 0.135. The minimum atomic E-state index is -0.504. The first-order valence-electron chi connectivity index (χ1n) is 7.34. The van der Waals surface area contributed by atoms with Crippen molar-refractivity contribution in [3.05, 3.63) is 29.6 Å². The summed E-state index contributed by atoms with van der Waals surface area (Å²) in [5.41, 5.74) is 0.367. The van der Waals surface area contributed by atoms with Crippen molar-refractivity contribution in [3.8, 4) is 5.75 Å². The van der Waals surface area contributed by atoms with Crippen molar-refractivity contribution in [2.45, 2.75) is 37.8 Å². The second-order valence-corrected chi connectivity index (χ2v) is 5.56. The molecule has 0 bridgehead atoms. The van der Waals surface area contributed by atoms with E-state index in [4.69, 9.17) is 4.74 Å². The molecule has 116 valence electrons. The van der Waals surface area contributed by atoms with Gasteiger partial charge in [0.15, 0.2) is 11.6 Å². The number of rotatable bonds is 4. The third-order valence-corrected chi connectivity index (χ3v) is 4.37. The molecule has 1 aliphatic rings. The zero-order valence-electron chi connectivity index (χ0n) is 12.9. The zero-order valence-corrected chi connectivity index (χ0v) is 12.9. The fourth-order valence-corrected chi connectivity index (χ4v) is 2.92. The molecule has 21 heavy (non-hydrogen) atoms. The normalized spacial score (nSPS) is 21.9. The number of methoxy groups -OCH3 is 1. The highest BCUT2D eigenvalue weighted by Crippen LogP contribution is 2.24. The summed E-state index contributed by atoms with van der Waals surface area (Å²) in [6.07, 6.45) is 4.09. The predicted octanol–water partition coefficient (Wildman–Crippen LogP) is 2.44. The van der Waals surface area contributed by atoms with Gasteiger partial charge in [-0.1, -0.05) is 0 Å². The second kappa shape index (κ2) is 6.89. The zero-order chi connectivity index (χ0) is 15.4. The fraction of sp³-hybridized carbons (Fsp3) is 0.562. The van der Waals surface area contributed by atoms with Crippen LogP contribution in [0.5, 0.6) is 5.75 Å². The van der Waals surface area contributed by atoms with E-state index in [1.54, 1.807) is 18.0 Å².